The smallest absolute Gasteiger partial charge is 1.00 e. The van der Waals surface area contributed by atoms with Gasteiger partial charge in [0.1, 0.15) is 0 Å². The summed E-state index contributed by atoms with van der Waals surface area (Å²) in [6.07, 6.45) is 2.09. The number of hydroxylamine groups is 1. The van der Waals surface area contributed by atoms with Gasteiger partial charge in [-0.2, -0.15) is 0 Å². The SMILES string of the molecule is CCC(CC)=[N+]1OC[C@@H]([Se]c2ccccc2)[C@@H]1c1ccccc1.[Br-]. The Bertz CT molecular complexity index is 654. The van der Waals surface area contributed by atoms with Crippen LogP contribution < -0.4 is 21.4 Å². The molecule has 1 heterocycles. The number of benzene rings is 2. The van der Waals surface area contributed by atoms with Gasteiger partial charge in [0.2, 0.25) is 0 Å². The molecular weight excluding hydrogens is 429 g/mol. The number of rotatable bonds is 5. The van der Waals surface area contributed by atoms with Crippen LogP contribution >= 0.6 is 0 Å². The number of hydrogen-bond donors (Lipinski definition) is 0. The van der Waals surface area contributed by atoms with Gasteiger partial charge in [-0.3, -0.25) is 0 Å². The average Bonchev–Trinajstić information content (AvgIpc) is 3.01. The fraction of sp³-hybridized carbons (Fsp3) is 0.350. The van der Waals surface area contributed by atoms with Crippen molar-refractivity contribution in [2.75, 3.05) is 6.61 Å². The monoisotopic (exact) mass is 453 g/mol. The molecule has 2 aromatic carbocycles. The van der Waals surface area contributed by atoms with Crippen LogP contribution in [0.4, 0.5) is 0 Å². The maximum atomic E-state index is 6.16. The van der Waals surface area contributed by atoms with E-state index in [1.807, 2.05) is 0 Å². The van der Waals surface area contributed by atoms with E-state index in [0.717, 1.165) is 19.4 Å². The van der Waals surface area contributed by atoms with Crippen LogP contribution in [0.25, 0.3) is 0 Å². The van der Waals surface area contributed by atoms with Crippen molar-refractivity contribution in [1.82, 2.24) is 0 Å². The molecule has 0 unspecified atom stereocenters. The first-order valence-corrected chi connectivity index (χ1v) is 10.2. The van der Waals surface area contributed by atoms with Gasteiger partial charge in [0.05, 0.1) is 0 Å². The van der Waals surface area contributed by atoms with E-state index in [1.54, 1.807) is 0 Å². The van der Waals surface area contributed by atoms with Gasteiger partial charge in [-0.05, 0) is 0 Å². The van der Waals surface area contributed by atoms with E-state index >= 15 is 0 Å². The molecule has 2 atom stereocenters. The molecule has 24 heavy (non-hydrogen) atoms. The van der Waals surface area contributed by atoms with Crippen molar-refractivity contribution in [2.45, 2.75) is 37.5 Å². The zero-order valence-electron chi connectivity index (χ0n) is 14.2. The van der Waals surface area contributed by atoms with Gasteiger partial charge in [0, 0.05) is 0 Å². The van der Waals surface area contributed by atoms with Gasteiger partial charge in [-0.25, -0.2) is 0 Å². The van der Waals surface area contributed by atoms with Crippen molar-refractivity contribution in [3.05, 3.63) is 66.2 Å². The molecule has 1 aliphatic heterocycles. The predicted octanol–water partition coefficient (Wildman–Crippen LogP) is 0.769. The molecule has 128 valence electrons. The quantitative estimate of drug-likeness (QED) is 0.482. The Morgan fingerprint density at radius 3 is 2.17 bits per heavy atom. The van der Waals surface area contributed by atoms with Crippen molar-refractivity contribution >= 4 is 25.1 Å². The zero-order valence-corrected chi connectivity index (χ0v) is 17.5. The fourth-order valence-electron chi connectivity index (χ4n) is 3.10. The standard InChI is InChI=1S/C20H24NOSe.BrH/c1-3-17(4-2)21-20(16-11-7-5-8-12-16)19(15-22-21)23-18-13-9-6-10-14-18;/h5-14,19-20H,3-4,15H2,1-2H3;1H/q+1;/p-1/t19-,20+;/m1./s1. The minimum absolute atomic E-state index is 0. The molecule has 2 aromatic rings. The topological polar surface area (TPSA) is 12.2 Å². The molecule has 0 spiro atoms. The number of nitrogens with zero attached hydrogens (tertiary/aromatic N) is 1. The van der Waals surface area contributed by atoms with E-state index in [2.05, 4.69) is 79.2 Å². The van der Waals surface area contributed by atoms with Crippen molar-refractivity contribution in [1.29, 1.82) is 0 Å². The molecular formula is C20H24BrNOSe. The molecule has 0 radical (unpaired) electrons. The van der Waals surface area contributed by atoms with Crippen molar-refractivity contribution in [3.8, 4) is 0 Å². The minimum Gasteiger partial charge on any atom is -1.00 e. The molecule has 0 aromatic heterocycles. The van der Waals surface area contributed by atoms with Crippen LogP contribution in [0.5, 0.6) is 0 Å². The molecule has 4 heteroatoms. The minimum atomic E-state index is 0. The van der Waals surface area contributed by atoms with Crippen molar-refractivity contribution in [3.63, 3.8) is 0 Å². The molecule has 0 aliphatic carbocycles. The third-order valence-electron chi connectivity index (χ3n) is 4.28. The van der Waals surface area contributed by atoms with E-state index in [4.69, 9.17) is 4.84 Å². The average molecular weight is 453 g/mol. The Morgan fingerprint density at radius 1 is 1.00 bits per heavy atom. The van der Waals surface area contributed by atoms with Crippen LogP contribution in [-0.4, -0.2) is 32.0 Å². The summed E-state index contributed by atoms with van der Waals surface area (Å²) in [5.41, 5.74) is 2.76. The summed E-state index contributed by atoms with van der Waals surface area (Å²) in [6.45, 7) is 5.26. The second kappa shape index (κ2) is 9.41. The van der Waals surface area contributed by atoms with Gasteiger partial charge in [0.15, 0.2) is 0 Å². The third-order valence-corrected chi connectivity index (χ3v) is 6.89. The molecule has 1 aliphatic rings. The van der Waals surface area contributed by atoms with E-state index in [9.17, 15) is 0 Å². The first-order chi connectivity index (χ1) is 11.3. The maximum Gasteiger partial charge on any atom is -1.00 e. The summed E-state index contributed by atoms with van der Waals surface area (Å²) in [5.74, 6) is 0. The van der Waals surface area contributed by atoms with E-state index in [1.165, 1.54) is 15.7 Å². The van der Waals surface area contributed by atoms with Gasteiger partial charge in [0.25, 0.3) is 0 Å². The van der Waals surface area contributed by atoms with E-state index in [-0.39, 0.29) is 17.0 Å². The maximum absolute atomic E-state index is 6.16. The van der Waals surface area contributed by atoms with Crippen molar-refractivity contribution in [2.24, 2.45) is 0 Å². The van der Waals surface area contributed by atoms with Gasteiger partial charge in [-0.15, -0.1) is 0 Å². The van der Waals surface area contributed by atoms with Gasteiger partial charge >= 0.3 is 145 Å². The molecule has 2 nitrogen and oxygen atoms in total. The summed E-state index contributed by atoms with van der Waals surface area (Å²) < 4.78 is 3.66. The molecule has 0 N–H and O–H groups in total. The largest absolute Gasteiger partial charge is 1.00 e. The van der Waals surface area contributed by atoms with Crippen LogP contribution in [0, 0.1) is 0 Å². The Morgan fingerprint density at radius 2 is 1.58 bits per heavy atom. The normalized spacial score (nSPS) is 19.5. The summed E-state index contributed by atoms with van der Waals surface area (Å²) >= 11 is 0.406. The molecule has 0 amide bonds. The van der Waals surface area contributed by atoms with Crippen LogP contribution in [0.3, 0.4) is 0 Å². The zero-order chi connectivity index (χ0) is 16.1. The molecule has 0 saturated carbocycles. The third kappa shape index (κ3) is 4.30. The number of hydrogen-bond acceptors (Lipinski definition) is 1. The van der Waals surface area contributed by atoms with E-state index in [0.29, 0.717) is 25.8 Å². The second-order valence-corrected chi connectivity index (χ2v) is 8.47. The van der Waals surface area contributed by atoms with Crippen LogP contribution in [0.2, 0.25) is 4.82 Å². The van der Waals surface area contributed by atoms with Gasteiger partial charge < -0.3 is 17.0 Å². The molecule has 1 saturated heterocycles. The Hall–Kier alpha value is -1.09. The summed E-state index contributed by atoms with van der Waals surface area (Å²) in [7, 11) is 0. The predicted molar refractivity (Wildman–Crippen MR) is 96.6 cm³/mol. The molecule has 1 fully saturated rings. The van der Waals surface area contributed by atoms with Crippen LogP contribution in [-0.2, 0) is 4.84 Å². The molecule has 3 rings (SSSR count). The first kappa shape index (κ1) is 19.2. The second-order valence-electron chi connectivity index (χ2n) is 5.72. The Labute approximate surface area is 161 Å². The number of halogens is 1. The fourth-order valence-corrected chi connectivity index (χ4v) is 5.59. The van der Waals surface area contributed by atoms with Gasteiger partial charge in [-0.1, -0.05) is 0 Å². The summed E-state index contributed by atoms with van der Waals surface area (Å²) in [4.78, 5) is 6.70. The summed E-state index contributed by atoms with van der Waals surface area (Å²) in [6, 6.07) is 22.0. The van der Waals surface area contributed by atoms with Crippen LogP contribution in [0.1, 0.15) is 38.3 Å². The Kier molecular flexibility index (Phi) is 7.54. The van der Waals surface area contributed by atoms with Crippen molar-refractivity contribution < 1.29 is 26.6 Å². The molecule has 0 bridgehead atoms. The summed E-state index contributed by atoms with van der Waals surface area (Å²) in [5, 5.41) is 0. The first-order valence-electron chi connectivity index (χ1n) is 8.37. The van der Waals surface area contributed by atoms with Crippen LogP contribution in [0.15, 0.2) is 60.7 Å². The van der Waals surface area contributed by atoms with E-state index < -0.39 is 0 Å². The Balaban J connectivity index is 0.00000208.